The summed E-state index contributed by atoms with van der Waals surface area (Å²) < 4.78 is 38.5. The van der Waals surface area contributed by atoms with Crippen LogP contribution in [0.3, 0.4) is 0 Å². The van der Waals surface area contributed by atoms with Crippen LogP contribution in [0, 0.1) is 6.92 Å². The largest absolute Gasteiger partial charge is 0.507 e. The van der Waals surface area contributed by atoms with Gasteiger partial charge < -0.3 is 15.3 Å². The van der Waals surface area contributed by atoms with E-state index in [1.54, 1.807) is 24.1 Å². The lowest BCUT2D eigenvalue weighted by molar-refractivity contribution is -0.137. The van der Waals surface area contributed by atoms with E-state index in [9.17, 15) is 23.1 Å². The van der Waals surface area contributed by atoms with Gasteiger partial charge in [-0.15, -0.1) is 10.2 Å². The lowest BCUT2D eigenvalue weighted by atomic mass is 10.0. The van der Waals surface area contributed by atoms with Crippen LogP contribution < -0.4 is 5.32 Å². The molecular formula is C18H19F3N4O2. The highest BCUT2D eigenvalue weighted by molar-refractivity contribution is 5.85. The van der Waals surface area contributed by atoms with E-state index in [1.807, 2.05) is 0 Å². The van der Waals surface area contributed by atoms with Crippen molar-refractivity contribution in [3.05, 3.63) is 35.4 Å². The zero-order chi connectivity index (χ0) is 19.8. The van der Waals surface area contributed by atoms with Gasteiger partial charge in [-0.05, 0) is 49.6 Å². The first-order valence-electron chi connectivity index (χ1n) is 8.43. The number of aryl methyl sites for hydroxylation is 1. The minimum atomic E-state index is -4.54. The average Bonchev–Trinajstić information content (AvgIpc) is 2.59. The van der Waals surface area contributed by atoms with Crippen molar-refractivity contribution in [2.24, 2.45) is 0 Å². The number of amides is 1. The summed E-state index contributed by atoms with van der Waals surface area (Å²) in [5, 5.41) is 21.1. The number of hydrogen-bond acceptors (Lipinski definition) is 5. The van der Waals surface area contributed by atoms with Crippen LogP contribution in [0.2, 0.25) is 0 Å². The molecule has 0 unspecified atom stereocenters. The molecule has 6 nitrogen and oxygen atoms in total. The van der Waals surface area contributed by atoms with Crippen molar-refractivity contribution in [3.63, 3.8) is 0 Å². The van der Waals surface area contributed by atoms with Crippen LogP contribution >= 0.6 is 0 Å². The number of aromatic nitrogens is 2. The number of piperidine rings is 1. The Morgan fingerprint density at radius 3 is 2.59 bits per heavy atom. The molecule has 0 saturated carbocycles. The topological polar surface area (TPSA) is 78.4 Å². The van der Waals surface area contributed by atoms with Gasteiger partial charge in [-0.2, -0.15) is 13.2 Å². The maximum atomic E-state index is 12.8. The third-order valence-corrected chi connectivity index (χ3v) is 4.55. The monoisotopic (exact) mass is 380 g/mol. The number of phenolic OH excluding ortho intramolecular Hbond substituents is 1. The molecule has 0 bridgehead atoms. The number of aromatic hydroxyl groups is 1. The molecule has 1 amide bonds. The number of nitrogens with zero attached hydrogens (tertiary/aromatic N) is 3. The van der Waals surface area contributed by atoms with Crippen molar-refractivity contribution >= 4 is 11.7 Å². The molecule has 27 heavy (non-hydrogen) atoms. The molecule has 1 fully saturated rings. The van der Waals surface area contributed by atoms with E-state index in [-0.39, 0.29) is 28.8 Å². The molecule has 1 saturated heterocycles. The molecule has 2 N–H and O–H groups in total. The van der Waals surface area contributed by atoms with Gasteiger partial charge in [0.25, 0.3) is 0 Å². The Kier molecular flexibility index (Phi) is 4.95. The fourth-order valence-corrected chi connectivity index (χ4v) is 3.15. The van der Waals surface area contributed by atoms with E-state index < -0.39 is 17.5 Å². The molecule has 144 valence electrons. The summed E-state index contributed by atoms with van der Waals surface area (Å²) in [5.41, 5.74) is -0.249. The molecule has 0 spiro atoms. The number of alkyl halides is 3. The Bertz CT molecular complexity index is 830. The Labute approximate surface area is 154 Å². The summed E-state index contributed by atoms with van der Waals surface area (Å²) in [6.45, 7) is 2.18. The average molecular weight is 380 g/mol. The Morgan fingerprint density at radius 1 is 1.26 bits per heavy atom. The standard InChI is InChI=1S/C18H19F3N4O2/c1-10-8-11(18(19,20)21)9-14(26)16(10)12-5-6-15(24-23-12)22-13-4-3-7-25(2)17(13)27/h5-6,8-9,13,26H,3-4,7H2,1-2H3,(H,22,24)/t13-/m0/s1. The van der Waals surface area contributed by atoms with E-state index >= 15 is 0 Å². The van der Waals surface area contributed by atoms with E-state index in [0.29, 0.717) is 24.8 Å². The van der Waals surface area contributed by atoms with Crippen LogP contribution in [-0.4, -0.2) is 45.7 Å². The highest BCUT2D eigenvalue weighted by Gasteiger charge is 2.32. The highest BCUT2D eigenvalue weighted by atomic mass is 19.4. The predicted molar refractivity (Wildman–Crippen MR) is 93.2 cm³/mol. The lowest BCUT2D eigenvalue weighted by Gasteiger charge is -2.29. The van der Waals surface area contributed by atoms with Crippen molar-refractivity contribution in [1.82, 2.24) is 15.1 Å². The second-order valence-electron chi connectivity index (χ2n) is 6.59. The molecular weight excluding hydrogens is 361 g/mol. The molecule has 1 aliphatic heterocycles. The van der Waals surface area contributed by atoms with Crippen LogP contribution in [0.15, 0.2) is 24.3 Å². The summed E-state index contributed by atoms with van der Waals surface area (Å²) >= 11 is 0. The van der Waals surface area contributed by atoms with Gasteiger partial charge in [0, 0.05) is 19.2 Å². The molecule has 1 aromatic carbocycles. The number of likely N-dealkylation sites (tertiary alicyclic amines) is 1. The number of likely N-dealkylation sites (N-methyl/N-ethyl adjacent to an activating group) is 1. The van der Waals surface area contributed by atoms with Gasteiger partial charge in [-0.1, -0.05) is 0 Å². The fourth-order valence-electron chi connectivity index (χ4n) is 3.15. The number of phenols is 1. The van der Waals surface area contributed by atoms with Gasteiger partial charge >= 0.3 is 6.18 Å². The van der Waals surface area contributed by atoms with Gasteiger partial charge in [0.05, 0.1) is 11.3 Å². The van der Waals surface area contributed by atoms with Crippen molar-refractivity contribution < 1.29 is 23.1 Å². The van der Waals surface area contributed by atoms with Crippen molar-refractivity contribution in [3.8, 4) is 17.0 Å². The van der Waals surface area contributed by atoms with Crippen LogP contribution in [0.1, 0.15) is 24.0 Å². The van der Waals surface area contributed by atoms with Crippen LogP contribution in [-0.2, 0) is 11.0 Å². The summed E-state index contributed by atoms with van der Waals surface area (Å²) in [6.07, 6.45) is -2.98. The molecule has 9 heteroatoms. The second-order valence-corrected chi connectivity index (χ2v) is 6.59. The number of nitrogens with one attached hydrogen (secondary N) is 1. The zero-order valence-electron chi connectivity index (χ0n) is 14.8. The van der Waals surface area contributed by atoms with E-state index in [2.05, 4.69) is 15.5 Å². The summed E-state index contributed by atoms with van der Waals surface area (Å²) in [5.74, 6) is -0.152. The van der Waals surface area contributed by atoms with E-state index in [0.717, 1.165) is 12.5 Å². The molecule has 2 heterocycles. The van der Waals surface area contributed by atoms with Gasteiger partial charge in [-0.3, -0.25) is 4.79 Å². The quantitative estimate of drug-likeness (QED) is 0.855. The van der Waals surface area contributed by atoms with Crippen LogP contribution in [0.4, 0.5) is 19.0 Å². The maximum absolute atomic E-state index is 12.8. The molecule has 0 radical (unpaired) electrons. The predicted octanol–water partition coefficient (Wildman–Crippen LogP) is 3.21. The van der Waals surface area contributed by atoms with Gasteiger partial charge in [0.1, 0.15) is 17.6 Å². The minimum Gasteiger partial charge on any atom is -0.507 e. The highest BCUT2D eigenvalue weighted by Crippen LogP contribution is 2.38. The number of hydrogen-bond donors (Lipinski definition) is 2. The first kappa shape index (κ1) is 18.9. The van der Waals surface area contributed by atoms with Crippen LogP contribution in [0.5, 0.6) is 5.75 Å². The smallest absolute Gasteiger partial charge is 0.416 e. The maximum Gasteiger partial charge on any atom is 0.416 e. The third-order valence-electron chi connectivity index (χ3n) is 4.55. The van der Waals surface area contributed by atoms with E-state index in [4.69, 9.17) is 0 Å². The summed E-state index contributed by atoms with van der Waals surface area (Å²) in [7, 11) is 1.74. The number of anilines is 1. The SMILES string of the molecule is Cc1cc(C(F)(F)F)cc(O)c1-c1ccc(N[C@H]2CCCN(C)C2=O)nn1. The van der Waals surface area contributed by atoms with Gasteiger partial charge in [0.15, 0.2) is 0 Å². The molecule has 1 atom stereocenters. The summed E-state index contributed by atoms with van der Waals surface area (Å²) in [4.78, 5) is 13.8. The Hall–Kier alpha value is -2.84. The van der Waals surface area contributed by atoms with Crippen molar-refractivity contribution in [2.75, 3.05) is 18.9 Å². The Balaban J connectivity index is 1.83. The molecule has 2 aromatic rings. The van der Waals surface area contributed by atoms with Crippen molar-refractivity contribution in [1.29, 1.82) is 0 Å². The Morgan fingerprint density at radius 2 is 2.00 bits per heavy atom. The first-order chi connectivity index (χ1) is 12.7. The second kappa shape index (κ2) is 7.05. The number of rotatable bonds is 3. The van der Waals surface area contributed by atoms with E-state index in [1.165, 1.54) is 6.92 Å². The molecule has 1 aliphatic rings. The normalized spacial score (nSPS) is 17.9. The number of benzene rings is 1. The third kappa shape index (κ3) is 3.96. The number of carbonyl (C=O) groups is 1. The fraction of sp³-hybridized carbons (Fsp3) is 0.389. The van der Waals surface area contributed by atoms with Crippen LogP contribution in [0.25, 0.3) is 11.3 Å². The zero-order valence-corrected chi connectivity index (χ0v) is 14.8. The van der Waals surface area contributed by atoms with Gasteiger partial charge in [0.2, 0.25) is 5.91 Å². The summed E-state index contributed by atoms with van der Waals surface area (Å²) in [6, 6.07) is 4.37. The molecule has 1 aromatic heterocycles. The number of carbonyl (C=O) groups excluding carboxylic acids is 1. The first-order valence-corrected chi connectivity index (χ1v) is 8.43. The molecule has 0 aliphatic carbocycles. The minimum absolute atomic E-state index is 0.0247. The number of halogens is 3. The van der Waals surface area contributed by atoms with Gasteiger partial charge in [-0.25, -0.2) is 0 Å². The van der Waals surface area contributed by atoms with Crippen molar-refractivity contribution in [2.45, 2.75) is 32.0 Å². The lowest BCUT2D eigenvalue weighted by Crippen LogP contribution is -2.45. The molecule has 3 rings (SSSR count).